The number of fused-ring (bicyclic) bond motifs is 3. The van der Waals surface area contributed by atoms with E-state index in [0.717, 1.165) is 0 Å². The quantitative estimate of drug-likeness (QED) is 0.133. The number of nitrogens with one attached hydrogen (secondary N) is 2. The van der Waals surface area contributed by atoms with Crippen molar-refractivity contribution in [3.8, 4) is 5.75 Å². The van der Waals surface area contributed by atoms with Gasteiger partial charge in [0, 0.05) is 31.7 Å². The second kappa shape index (κ2) is 10.7. The van der Waals surface area contributed by atoms with Gasteiger partial charge in [-0.05, 0) is 44.5 Å². The summed E-state index contributed by atoms with van der Waals surface area (Å²) in [5, 5.41) is 38.0. The van der Waals surface area contributed by atoms with Gasteiger partial charge in [0.1, 0.15) is 17.5 Å². The number of aliphatic hydroxyl groups excluding tert-OH is 1. The van der Waals surface area contributed by atoms with Crippen molar-refractivity contribution in [2.75, 3.05) is 44.3 Å². The molecule has 7 atom stereocenters. The molecule has 3 aliphatic carbocycles. The third-order valence-electron chi connectivity index (χ3n) is 8.37. The number of rotatable bonds is 5. The van der Waals surface area contributed by atoms with Gasteiger partial charge in [0.25, 0.3) is 0 Å². The number of likely N-dealkylation sites (N-methyl/N-ethyl adjacent to an activating group) is 1. The number of hydrogen-bond acceptors (Lipinski definition) is 11. The number of nitrogens with zero attached hydrogens (tertiary/aromatic N) is 2. The van der Waals surface area contributed by atoms with Crippen LogP contribution >= 0.6 is 11.6 Å². The minimum Gasteiger partial charge on any atom is -0.505 e. The zero-order chi connectivity index (χ0) is 30.7. The molecule has 14 nitrogen and oxygen atoms in total. The molecule has 0 radical (unpaired) electrons. The molecule has 0 heterocycles. The molecule has 0 saturated heterocycles. The maximum Gasteiger partial charge on any atom is 0.326 e. The molecule has 1 aromatic rings. The lowest BCUT2D eigenvalue weighted by atomic mass is 9.52. The van der Waals surface area contributed by atoms with Crippen LogP contribution in [0.2, 0.25) is 0 Å². The second-order valence-electron chi connectivity index (χ2n) is 11.1. The van der Waals surface area contributed by atoms with Gasteiger partial charge in [0.05, 0.1) is 23.3 Å². The fraction of sp³-hybridized carbons (Fsp3) is 0.538. The Morgan fingerprint density at radius 2 is 1.78 bits per heavy atom. The number of benzene rings is 1. The number of phenolic OH excluding ortho intramolecular Hbond substituents is 1. The molecule has 2 fully saturated rings. The Labute approximate surface area is 239 Å². The molecule has 1 aromatic carbocycles. The zero-order valence-electron chi connectivity index (χ0n) is 22.8. The number of urea groups is 1. The number of amides is 4. The first-order valence-electron chi connectivity index (χ1n) is 12.8. The summed E-state index contributed by atoms with van der Waals surface area (Å²) in [6.45, 7) is 0. The van der Waals surface area contributed by atoms with Crippen LogP contribution in [0.25, 0.3) is 0 Å². The number of Topliss-reactive ketones (excluding diaryl/α,β-unsaturated/α-hetero) is 3. The first kappa shape index (κ1) is 30.4. The Morgan fingerprint density at radius 1 is 1.15 bits per heavy atom. The number of primary amides is 1. The van der Waals surface area contributed by atoms with Crippen molar-refractivity contribution in [1.82, 2.24) is 10.2 Å². The highest BCUT2D eigenvalue weighted by atomic mass is 35.5. The average Bonchev–Trinajstić information content (AvgIpc) is 2.87. The molecule has 3 aliphatic rings. The third-order valence-corrected chi connectivity index (χ3v) is 8.61. The van der Waals surface area contributed by atoms with Crippen LogP contribution in [0.3, 0.4) is 0 Å². The number of hydrogen-bond donors (Lipinski definition) is 6. The third kappa shape index (κ3) is 4.64. The summed E-state index contributed by atoms with van der Waals surface area (Å²) < 4.78 is 0. The predicted octanol–water partition coefficient (Wildman–Crippen LogP) is -1.39. The van der Waals surface area contributed by atoms with E-state index >= 15 is 0 Å². The van der Waals surface area contributed by atoms with Crippen molar-refractivity contribution in [2.45, 2.75) is 30.6 Å². The van der Waals surface area contributed by atoms with Crippen LogP contribution in [0.4, 0.5) is 16.2 Å². The Hall–Kier alpha value is -3.59. The summed E-state index contributed by atoms with van der Waals surface area (Å²) in [5.41, 5.74) is 2.87. The van der Waals surface area contributed by atoms with Crippen molar-refractivity contribution >= 4 is 58.2 Å². The van der Waals surface area contributed by atoms with E-state index in [1.54, 1.807) is 33.1 Å². The Morgan fingerprint density at radius 3 is 2.32 bits per heavy atom. The van der Waals surface area contributed by atoms with E-state index in [1.807, 2.05) is 5.32 Å². The number of nitrogens with two attached hydrogens (primary N) is 1. The zero-order valence-corrected chi connectivity index (χ0v) is 23.6. The molecule has 222 valence electrons. The number of ketones is 3. The van der Waals surface area contributed by atoms with Crippen LogP contribution in [0, 0.1) is 23.7 Å². The number of aromatic hydroxyl groups is 1. The Bertz CT molecular complexity index is 1370. The van der Waals surface area contributed by atoms with Gasteiger partial charge in [-0.1, -0.05) is 0 Å². The summed E-state index contributed by atoms with van der Waals surface area (Å²) in [6, 6.07) is -0.637. The topological polar surface area (TPSA) is 220 Å². The Kier molecular flexibility index (Phi) is 7.90. The summed E-state index contributed by atoms with van der Waals surface area (Å²) in [6.07, 6.45) is -1.55. The number of imide groups is 1. The number of alkyl halides is 1. The number of aliphatic hydroxyl groups is 2. The Balaban J connectivity index is 1.84. The fourth-order valence-electron chi connectivity index (χ4n) is 6.68. The van der Waals surface area contributed by atoms with Gasteiger partial charge < -0.3 is 36.2 Å². The highest BCUT2D eigenvalue weighted by molar-refractivity contribution is 6.29. The summed E-state index contributed by atoms with van der Waals surface area (Å²) in [5.74, 6) is -11.8. The highest BCUT2D eigenvalue weighted by Crippen LogP contribution is 2.53. The number of carbonyl (C=O) groups is 6. The van der Waals surface area contributed by atoms with Gasteiger partial charge in [-0.2, -0.15) is 0 Å². The summed E-state index contributed by atoms with van der Waals surface area (Å²) in [4.78, 5) is 80.5. The SMILES string of the molecule is CN(C)c1cc(NC(=O)NC(=O)CCl)c(O)c2c1C[C@H]1C[C@H]3[C@H](N(C)C)C(O)C(C(N)=O)C(=O)[C@@]3(O)C(=O)C1C2=O. The number of halogens is 1. The van der Waals surface area contributed by atoms with Crippen molar-refractivity contribution < 1.29 is 44.1 Å². The maximum atomic E-state index is 14.0. The van der Waals surface area contributed by atoms with E-state index in [2.05, 4.69) is 5.32 Å². The van der Waals surface area contributed by atoms with E-state index < -0.39 is 88.2 Å². The molecule has 4 amide bonds. The van der Waals surface area contributed by atoms with Gasteiger partial charge in [0.2, 0.25) is 11.8 Å². The first-order chi connectivity index (χ1) is 19.1. The lowest BCUT2D eigenvalue weighted by molar-refractivity contribution is -0.190. The summed E-state index contributed by atoms with van der Waals surface area (Å²) in [7, 11) is 6.45. The molecule has 0 spiro atoms. The minimum absolute atomic E-state index is 0.0359. The van der Waals surface area contributed by atoms with Crippen LogP contribution < -0.4 is 21.3 Å². The molecule has 41 heavy (non-hydrogen) atoms. The molecule has 15 heteroatoms. The lowest BCUT2D eigenvalue weighted by Gasteiger charge is -2.55. The van der Waals surface area contributed by atoms with E-state index in [-0.39, 0.29) is 24.1 Å². The molecule has 2 saturated carbocycles. The molecule has 7 N–H and O–H groups in total. The first-order valence-corrected chi connectivity index (χ1v) is 13.3. The lowest BCUT2D eigenvalue weighted by Crippen LogP contribution is -2.75. The minimum atomic E-state index is -2.79. The average molecular weight is 594 g/mol. The number of anilines is 2. The predicted molar refractivity (Wildman–Crippen MR) is 145 cm³/mol. The van der Waals surface area contributed by atoms with Crippen LogP contribution in [-0.2, 0) is 25.6 Å². The van der Waals surface area contributed by atoms with Crippen molar-refractivity contribution in [3.05, 3.63) is 17.2 Å². The van der Waals surface area contributed by atoms with Crippen molar-refractivity contribution in [2.24, 2.45) is 29.4 Å². The smallest absolute Gasteiger partial charge is 0.326 e. The molecule has 4 rings (SSSR count). The molecule has 3 unspecified atom stereocenters. The van der Waals surface area contributed by atoms with Crippen LogP contribution in [0.15, 0.2) is 6.07 Å². The van der Waals surface area contributed by atoms with Crippen LogP contribution in [0.5, 0.6) is 5.75 Å². The standard InChI is InChI=1S/C26H32ClN5O9/c1-31(2)13-7-12(29-25(40)30-14(33)8-27)19(34)16-10(13)5-9-6-11-18(32(3)4)21(36)17(24(28)39)23(38)26(11,41)22(37)15(9)20(16)35/h7,9,11,15,17-18,21,34,36,41H,5-6,8H2,1-4H3,(H2,28,39)(H2,29,30,33,40)/t9-,11-,15?,17?,18-,21?,26-/m0/s1. The van der Waals surface area contributed by atoms with Crippen molar-refractivity contribution in [3.63, 3.8) is 0 Å². The molecular weight excluding hydrogens is 562 g/mol. The van der Waals surface area contributed by atoms with Crippen molar-refractivity contribution in [1.29, 1.82) is 0 Å². The normalized spacial score (nSPS) is 30.7. The van der Waals surface area contributed by atoms with E-state index in [4.69, 9.17) is 17.3 Å². The number of carbonyl (C=O) groups excluding carboxylic acids is 6. The van der Waals surface area contributed by atoms with E-state index in [1.165, 1.54) is 11.0 Å². The van der Waals surface area contributed by atoms with Gasteiger partial charge in [-0.15, -0.1) is 11.6 Å². The fourth-order valence-corrected chi connectivity index (χ4v) is 6.74. The number of phenols is 1. The second-order valence-corrected chi connectivity index (χ2v) is 11.4. The van der Waals surface area contributed by atoms with Crippen LogP contribution in [0.1, 0.15) is 22.3 Å². The maximum absolute atomic E-state index is 14.0. The van der Waals surface area contributed by atoms with Crippen LogP contribution in [-0.4, -0.2) is 107 Å². The van der Waals surface area contributed by atoms with Gasteiger partial charge in [0.15, 0.2) is 23.0 Å². The van der Waals surface area contributed by atoms with E-state index in [9.17, 15) is 44.1 Å². The van der Waals surface area contributed by atoms with Gasteiger partial charge in [-0.3, -0.25) is 29.3 Å². The summed E-state index contributed by atoms with van der Waals surface area (Å²) >= 11 is 5.41. The highest BCUT2D eigenvalue weighted by Gasteiger charge is 2.69. The monoisotopic (exact) mass is 593 g/mol. The molecular formula is C26H32ClN5O9. The molecule has 0 bridgehead atoms. The molecule has 0 aromatic heterocycles. The van der Waals surface area contributed by atoms with Gasteiger partial charge >= 0.3 is 6.03 Å². The van der Waals surface area contributed by atoms with E-state index in [0.29, 0.717) is 11.3 Å². The van der Waals surface area contributed by atoms with Gasteiger partial charge in [-0.25, -0.2) is 4.79 Å². The largest absolute Gasteiger partial charge is 0.505 e. The molecule has 0 aliphatic heterocycles.